The normalized spacial score (nSPS) is 22.5. The van der Waals surface area contributed by atoms with Crippen LogP contribution in [-0.2, 0) is 30.5 Å². The predicted octanol–water partition coefficient (Wildman–Crippen LogP) is 12.4. The number of unbranched alkanes of at least 4 members (excludes halogenated alkanes) is 3. The Bertz CT molecular complexity index is 1200. The molecule has 0 heterocycles. The lowest BCUT2D eigenvalue weighted by atomic mass is 9.73. The van der Waals surface area contributed by atoms with E-state index in [4.69, 9.17) is 11.6 Å². The third-order valence-electron chi connectivity index (χ3n) is 11.8. The standard InChI is InChI=1S/C44H63ClFNO/c1-2-3-4-8-34-20-25-40(26-21-34)42(33-47)31-38-16-14-37(15-17-38)24-29-43(48)11-6-5-9-35-22-27-41(28-23-35)44(45)32-39-18-12-36(13-19-39)10-7-30-46/h12-19,34-35,40-42,44H,2-11,20-32H2,1H3/t34-,35-,40-,41-,42?,44?. The average molecular weight is 676 g/mol. The lowest BCUT2D eigenvalue weighted by molar-refractivity contribution is -0.119. The molecule has 48 heavy (non-hydrogen) atoms. The Labute approximate surface area is 297 Å². The summed E-state index contributed by atoms with van der Waals surface area (Å²) in [6.45, 7) is 2.02. The summed E-state index contributed by atoms with van der Waals surface area (Å²) in [5.74, 6) is 3.30. The summed E-state index contributed by atoms with van der Waals surface area (Å²) >= 11 is 6.88. The molecule has 0 N–H and O–H groups in total. The van der Waals surface area contributed by atoms with E-state index in [1.54, 1.807) is 0 Å². The molecule has 2 aromatic carbocycles. The van der Waals surface area contributed by atoms with E-state index in [0.717, 1.165) is 50.4 Å². The number of halogens is 2. The molecule has 0 bridgehead atoms. The minimum absolute atomic E-state index is 0.121. The lowest BCUT2D eigenvalue weighted by Crippen LogP contribution is -2.23. The molecule has 2 atom stereocenters. The molecule has 2 aliphatic carbocycles. The van der Waals surface area contributed by atoms with Crippen LogP contribution < -0.4 is 0 Å². The van der Waals surface area contributed by atoms with Gasteiger partial charge in [-0.1, -0.05) is 120 Å². The highest BCUT2D eigenvalue weighted by molar-refractivity contribution is 6.20. The summed E-state index contributed by atoms with van der Waals surface area (Å²) in [6.07, 6.45) is 24.1. The molecule has 0 spiro atoms. The monoisotopic (exact) mass is 675 g/mol. The Morgan fingerprint density at radius 3 is 1.79 bits per heavy atom. The number of Topliss-reactive ketones (excluding diaryl/α,β-unsaturated/α-hetero) is 1. The van der Waals surface area contributed by atoms with Gasteiger partial charge in [0, 0.05) is 18.2 Å². The quantitative estimate of drug-likeness (QED) is 0.0976. The second-order valence-electron chi connectivity index (χ2n) is 15.4. The van der Waals surface area contributed by atoms with Crippen molar-refractivity contribution in [3.8, 4) is 6.07 Å². The number of alkyl halides is 2. The third kappa shape index (κ3) is 13.6. The first-order valence-electron chi connectivity index (χ1n) is 19.7. The predicted molar refractivity (Wildman–Crippen MR) is 200 cm³/mol. The van der Waals surface area contributed by atoms with Gasteiger partial charge in [-0.3, -0.25) is 9.18 Å². The number of nitrogens with zero attached hydrogens (tertiary/aromatic N) is 1. The van der Waals surface area contributed by atoms with Gasteiger partial charge in [0.2, 0.25) is 0 Å². The molecule has 2 fully saturated rings. The highest BCUT2D eigenvalue weighted by Crippen LogP contribution is 2.38. The van der Waals surface area contributed by atoms with Gasteiger partial charge in [0.15, 0.2) is 0 Å². The molecular weight excluding hydrogens is 613 g/mol. The number of hydrogen-bond donors (Lipinski definition) is 0. The zero-order valence-electron chi connectivity index (χ0n) is 30.0. The summed E-state index contributed by atoms with van der Waals surface area (Å²) in [7, 11) is 0. The van der Waals surface area contributed by atoms with Gasteiger partial charge >= 0.3 is 0 Å². The number of ketones is 1. The van der Waals surface area contributed by atoms with Crippen molar-refractivity contribution in [2.75, 3.05) is 6.67 Å². The molecule has 4 heteroatoms. The molecule has 0 saturated heterocycles. The topological polar surface area (TPSA) is 40.9 Å². The lowest BCUT2D eigenvalue weighted by Gasteiger charge is -2.31. The molecular formula is C44H63ClFNO. The van der Waals surface area contributed by atoms with Crippen LogP contribution in [0.2, 0.25) is 0 Å². The minimum Gasteiger partial charge on any atom is -0.300 e. The molecule has 0 radical (unpaired) electrons. The van der Waals surface area contributed by atoms with Gasteiger partial charge in [0.05, 0.1) is 18.7 Å². The molecule has 264 valence electrons. The fraction of sp³-hybridized carbons (Fsp3) is 0.682. The van der Waals surface area contributed by atoms with Gasteiger partial charge in [-0.15, -0.1) is 11.6 Å². The van der Waals surface area contributed by atoms with Crippen LogP contribution in [0.3, 0.4) is 0 Å². The van der Waals surface area contributed by atoms with Gasteiger partial charge in [-0.25, -0.2) is 0 Å². The maximum Gasteiger partial charge on any atom is 0.133 e. The van der Waals surface area contributed by atoms with E-state index < -0.39 is 0 Å². The van der Waals surface area contributed by atoms with E-state index in [1.807, 2.05) is 0 Å². The molecule has 0 amide bonds. The number of carbonyl (C=O) groups is 1. The Kier molecular flexibility index (Phi) is 17.5. The molecule has 2 aliphatic rings. The van der Waals surface area contributed by atoms with Crippen molar-refractivity contribution >= 4 is 17.4 Å². The number of benzene rings is 2. The SMILES string of the molecule is CCCCC[C@H]1CC[C@H](C(C#N)Cc2ccc(CCC(=O)CCCC[C@H]3CC[C@H](C(Cl)Cc4ccc(CCCF)cc4)CC3)cc2)CC1. The smallest absolute Gasteiger partial charge is 0.133 e. The second-order valence-corrected chi connectivity index (χ2v) is 16.0. The van der Waals surface area contributed by atoms with Crippen molar-refractivity contribution in [2.24, 2.45) is 29.6 Å². The molecule has 2 nitrogen and oxygen atoms in total. The first-order chi connectivity index (χ1) is 23.5. The number of nitriles is 1. The molecule has 0 aliphatic heterocycles. The maximum absolute atomic E-state index is 12.7. The molecule has 0 aromatic heterocycles. The zero-order valence-corrected chi connectivity index (χ0v) is 30.7. The van der Waals surface area contributed by atoms with Crippen LogP contribution in [0.1, 0.15) is 145 Å². The first kappa shape index (κ1) is 38.6. The van der Waals surface area contributed by atoms with Gasteiger partial charge in [-0.05, 0) is 110 Å². The van der Waals surface area contributed by atoms with E-state index in [1.165, 1.54) is 106 Å². The summed E-state index contributed by atoms with van der Waals surface area (Å²) in [4.78, 5) is 12.7. The Morgan fingerprint density at radius 1 is 0.708 bits per heavy atom. The van der Waals surface area contributed by atoms with Crippen LogP contribution in [0.25, 0.3) is 0 Å². The number of hydrogen-bond acceptors (Lipinski definition) is 2. The third-order valence-corrected chi connectivity index (χ3v) is 12.3. The highest BCUT2D eigenvalue weighted by atomic mass is 35.5. The summed E-state index contributed by atoms with van der Waals surface area (Å²) in [5.41, 5.74) is 4.98. The largest absolute Gasteiger partial charge is 0.300 e. The van der Waals surface area contributed by atoms with Crippen LogP contribution in [0.4, 0.5) is 4.39 Å². The van der Waals surface area contributed by atoms with Crippen LogP contribution in [0.15, 0.2) is 48.5 Å². The van der Waals surface area contributed by atoms with Gasteiger partial charge < -0.3 is 0 Å². The Hall–Kier alpha value is -2.18. The van der Waals surface area contributed by atoms with E-state index in [0.29, 0.717) is 36.9 Å². The maximum atomic E-state index is 12.7. The number of rotatable bonds is 21. The van der Waals surface area contributed by atoms with Crippen molar-refractivity contribution in [1.82, 2.24) is 0 Å². The van der Waals surface area contributed by atoms with Gasteiger partial charge in [-0.2, -0.15) is 5.26 Å². The van der Waals surface area contributed by atoms with Crippen molar-refractivity contribution in [3.63, 3.8) is 0 Å². The van der Waals surface area contributed by atoms with E-state index in [2.05, 4.69) is 61.5 Å². The molecule has 2 saturated carbocycles. The van der Waals surface area contributed by atoms with Crippen LogP contribution in [0.5, 0.6) is 0 Å². The van der Waals surface area contributed by atoms with Crippen LogP contribution in [0, 0.1) is 40.9 Å². The van der Waals surface area contributed by atoms with Crippen molar-refractivity contribution in [3.05, 3.63) is 70.8 Å². The van der Waals surface area contributed by atoms with E-state index in [9.17, 15) is 14.4 Å². The fourth-order valence-electron chi connectivity index (χ4n) is 8.48. The van der Waals surface area contributed by atoms with Crippen LogP contribution >= 0.6 is 11.6 Å². The molecule has 2 aromatic rings. The van der Waals surface area contributed by atoms with Crippen molar-refractivity contribution in [1.29, 1.82) is 5.26 Å². The van der Waals surface area contributed by atoms with Gasteiger partial charge in [0.25, 0.3) is 0 Å². The second kappa shape index (κ2) is 21.8. The highest BCUT2D eigenvalue weighted by Gasteiger charge is 2.28. The molecule has 2 unspecified atom stereocenters. The van der Waals surface area contributed by atoms with Crippen molar-refractivity contribution in [2.45, 2.75) is 154 Å². The van der Waals surface area contributed by atoms with Crippen molar-refractivity contribution < 1.29 is 9.18 Å². The summed E-state index contributed by atoms with van der Waals surface area (Å²) in [5, 5.41) is 10.1. The zero-order chi connectivity index (χ0) is 34.0. The first-order valence-corrected chi connectivity index (χ1v) is 20.2. The van der Waals surface area contributed by atoms with E-state index in [-0.39, 0.29) is 18.0 Å². The minimum atomic E-state index is -0.255. The Morgan fingerprint density at radius 2 is 1.23 bits per heavy atom. The number of aryl methyl sites for hydroxylation is 2. The fourth-order valence-corrected chi connectivity index (χ4v) is 8.91. The Balaban J connectivity index is 1.05. The summed E-state index contributed by atoms with van der Waals surface area (Å²) in [6, 6.07) is 20.0. The van der Waals surface area contributed by atoms with Gasteiger partial charge in [0.1, 0.15) is 5.78 Å². The van der Waals surface area contributed by atoms with Crippen LogP contribution in [-0.4, -0.2) is 17.8 Å². The van der Waals surface area contributed by atoms with E-state index >= 15 is 0 Å². The average Bonchev–Trinajstić information content (AvgIpc) is 3.12. The molecule has 4 rings (SSSR count). The summed E-state index contributed by atoms with van der Waals surface area (Å²) < 4.78 is 12.4. The number of carbonyl (C=O) groups excluding carboxylic acids is 1.